The van der Waals surface area contributed by atoms with E-state index < -0.39 is 16.3 Å². The average Bonchev–Trinajstić information content (AvgIpc) is 3.23. The Hall–Kier alpha value is -1.15. The molecule has 1 aromatic rings. The van der Waals surface area contributed by atoms with Crippen LogP contribution >= 0.6 is 0 Å². The molecular weight excluding hydrogens is 280 g/mol. The van der Waals surface area contributed by atoms with E-state index in [0.717, 1.165) is 12.8 Å². The van der Waals surface area contributed by atoms with Crippen molar-refractivity contribution in [2.24, 2.45) is 0 Å². The minimum atomic E-state index is -3.48. The molecule has 0 amide bonds. The summed E-state index contributed by atoms with van der Waals surface area (Å²) in [4.78, 5) is 0.248. The zero-order chi connectivity index (χ0) is 14.6. The van der Waals surface area contributed by atoms with Gasteiger partial charge in [0, 0.05) is 20.3 Å². The van der Waals surface area contributed by atoms with Crippen LogP contribution < -0.4 is 10.0 Å². The van der Waals surface area contributed by atoms with E-state index in [4.69, 9.17) is 9.47 Å². The van der Waals surface area contributed by atoms with Crippen LogP contribution in [-0.2, 0) is 19.5 Å². The number of ether oxygens (including phenoxy) is 2. The van der Waals surface area contributed by atoms with Crippen molar-refractivity contribution in [1.29, 1.82) is 0 Å². The monoisotopic (exact) mass is 300 g/mol. The summed E-state index contributed by atoms with van der Waals surface area (Å²) >= 11 is 0. The number of benzene rings is 1. The molecule has 0 aromatic heterocycles. The fourth-order valence-corrected chi connectivity index (χ4v) is 3.28. The van der Waals surface area contributed by atoms with Gasteiger partial charge in [0.25, 0.3) is 0 Å². The zero-order valence-corrected chi connectivity index (χ0v) is 12.4. The lowest BCUT2D eigenvalue weighted by molar-refractivity contribution is -0.0914. The molecule has 0 bridgehead atoms. The number of hydrogen-bond acceptors (Lipinski definition) is 5. The van der Waals surface area contributed by atoms with Crippen molar-refractivity contribution in [3.8, 4) is 0 Å². The highest BCUT2D eigenvalue weighted by molar-refractivity contribution is 7.89. The van der Waals surface area contributed by atoms with E-state index in [2.05, 4.69) is 10.0 Å². The van der Waals surface area contributed by atoms with E-state index in [1.807, 2.05) is 0 Å². The predicted octanol–water partition coefficient (Wildman–Crippen LogP) is 1.16. The number of hydrogen-bond donors (Lipinski definition) is 2. The smallest absolute Gasteiger partial charge is 0.242 e. The van der Waals surface area contributed by atoms with E-state index in [0.29, 0.717) is 12.2 Å². The minimum Gasteiger partial charge on any atom is -0.379 e. The van der Waals surface area contributed by atoms with Crippen LogP contribution in [0.15, 0.2) is 29.2 Å². The molecule has 0 radical (unpaired) electrons. The van der Waals surface area contributed by atoms with Gasteiger partial charge in [-0.1, -0.05) is 12.1 Å². The van der Waals surface area contributed by atoms with Gasteiger partial charge >= 0.3 is 0 Å². The Morgan fingerprint density at radius 2 is 1.90 bits per heavy atom. The average molecular weight is 300 g/mol. The Morgan fingerprint density at radius 1 is 1.25 bits per heavy atom. The lowest BCUT2D eigenvalue weighted by Gasteiger charge is -2.17. The maximum atomic E-state index is 12.3. The minimum absolute atomic E-state index is 0.0822. The topological polar surface area (TPSA) is 76.7 Å². The molecule has 20 heavy (non-hydrogen) atoms. The fourth-order valence-electron chi connectivity index (χ4n) is 1.79. The van der Waals surface area contributed by atoms with Crippen molar-refractivity contribution in [3.05, 3.63) is 24.3 Å². The number of para-hydroxylation sites is 1. The van der Waals surface area contributed by atoms with Crippen molar-refractivity contribution in [1.82, 2.24) is 4.72 Å². The summed E-state index contributed by atoms with van der Waals surface area (Å²) in [6.45, 7) is 0.364. The summed E-state index contributed by atoms with van der Waals surface area (Å²) < 4.78 is 37.4. The standard InChI is InChI=1S/C13H20N2O4S/c1-18-13(19-2)9-14-11-5-3-4-6-12(11)20(16,17)15-10-7-8-10/h3-6,10,13-15H,7-9H2,1-2H3. The third-order valence-electron chi connectivity index (χ3n) is 3.06. The zero-order valence-electron chi connectivity index (χ0n) is 11.6. The van der Waals surface area contributed by atoms with Crippen molar-refractivity contribution >= 4 is 15.7 Å². The Labute approximate surface area is 119 Å². The van der Waals surface area contributed by atoms with Gasteiger partial charge in [-0.2, -0.15) is 0 Å². The predicted molar refractivity (Wildman–Crippen MR) is 76.1 cm³/mol. The Bertz CT molecular complexity index is 539. The molecule has 0 atom stereocenters. The van der Waals surface area contributed by atoms with E-state index in [1.165, 1.54) is 14.2 Å². The number of rotatable bonds is 8. The summed E-state index contributed by atoms with van der Waals surface area (Å²) in [7, 11) is -0.413. The van der Waals surface area contributed by atoms with Crippen molar-refractivity contribution in [2.45, 2.75) is 30.1 Å². The van der Waals surface area contributed by atoms with Crippen molar-refractivity contribution in [2.75, 3.05) is 26.1 Å². The van der Waals surface area contributed by atoms with Gasteiger partial charge in [-0.3, -0.25) is 0 Å². The van der Waals surface area contributed by atoms with E-state index in [-0.39, 0.29) is 10.9 Å². The summed E-state index contributed by atoms with van der Waals surface area (Å²) in [5.74, 6) is 0. The van der Waals surface area contributed by atoms with Crippen LogP contribution in [0.5, 0.6) is 0 Å². The Morgan fingerprint density at radius 3 is 2.50 bits per heavy atom. The number of sulfonamides is 1. The van der Waals surface area contributed by atoms with Gasteiger partial charge in [0.05, 0.1) is 12.2 Å². The first-order chi connectivity index (χ1) is 9.56. The number of nitrogens with one attached hydrogen (secondary N) is 2. The summed E-state index contributed by atoms with van der Waals surface area (Å²) in [5, 5.41) is 3.05. The first-order valence-electron chi connectivity index (χ1n) is 6.47. The van der Waals surface area contributed by atoms with Crippen molar-refractivity contribution < 1.29 is 17.9 Å². The van der Waals surface area contributed by atoms with Gasteiger partial charge < -0.3 is 14.8 Å². The third kappa shape index (κ3) is 3.92. The molecular formula is C13H20N2O4S. The lowest BCUT2D eigenvalue weighted by atomic mass is 10.3. The van der Waals surface area contributed by atoms with Gasteiger partial charge in [0.15, 0.2) is 6.29 Å². The molecule has 1 saturated carbocycles. The molecule has 2 N–H and O–H groups in total. The van der Waals surface area contributed by atoms with Crippen LogP contribution in [-0.4, -0.2) is 41.5 Å². The van der Waals surface area contributed by atoms with E-state index in [1.54, 1.807) is 24.3 Å². The molecule has 0 aliphatic heterocycles. The van der Waals surface area contributed by atoms with Crippen LogP contribution in [0.1, 0.15) is 12.8 Å². The Balaban J connectivity index is 2.13. The van der Waals surface area contributed by atoms with Gasteiger partial charge in [-0.05, 0) is 25.0 Å². The largest absolute Gasteiger partial charge is 0.379 e. The molecule has 112 valence electrons. The fraction of sp³-hybridized carbons (Fsp3) is 0.538. The number of anilines is 1. The molecule has 1 fully saturated rings. The van der Waals surface area contributed by atoms with Crippen LogP contribution in [0.2, 0.25) is 0 Å². The molecule has 0 spiro atoms. The summed E-state index contributed by atoms with van der Waals surface area (Å²) in [6, 6.07) is 6.88. The highest BCUT2D eigenvalue weighted by atomic mass is 32.2. The summed E-state index contributed by atoms with van der Waals surface area (Å²) in [6.07, 6.45) is 1.39. The molecule has 0 heterocycles. The molecule has 2 rings (SSSR count). The van der Waals surface area contributed by atoms with Crippen LogP contribution in [0.25, 0.3) is 0 Å². The summed E-state index contributed by atoms with van der Waals surface area (Å²) in [5.41, 5.74) is 0.541. The molecule has 0 saturated heterocycles. The second-order valence-corrected chi connectivity index (χ2v) is 6.36. The normalized spacial score (nSPS) is 15.6. The van der Waals surface area contributed by atoms with Gasteiger partial charge in [0.2, 0.25) is 10.0 Å². The molecule has 6 nitrogen and oxygen atoms in total. The SMILES string of the molecule is COC(CNc1ccccc1S(=O)(=O)NC1CC1)OC. The van der Waals surface area contributed by atoms with Crippen molar-refractivity contribution in [3.63, 3.8) is 0 Å². The quantitative estimate of drug-likeness (QED) is 0.705. The Kier molecular flexibility index (Phi) is 4.98. The maximum Gasteiger partial charge on any atom is 0.242 e. The first-order valence-corrected chi connectivity index (χ1v) is 7.96. The highest BCUT2D eigenvalue weighted by Crippen LogP contribution is 2.25. The van der Waals surface area contributed by atoms with Gasteiger partial charge in [0.1, 0.15) is 4.90 Å². The number of methoxy groups -OCH3 is 2. The maximum absolute atomic E-state index is 12.3. The molecule has 1 aromatic carbocycles. The second-order valence-electron chi connectivity index (χ2n) is 4.67. The van der Waals surface area contributed by atoms with Gasteiger partial charge in [-0.15, -0.1) is 0 Å². The van der Waals surface area contributed by atoms with Crippen LogP contribution in [0.4, 0.5) is 5.69 Å². The lowest BCUT2D eigenvalue weighted by Crippen LogP contribution is -2.28. The van der Waals surface area contributed by atoms with Crippen LogP contribution in [0, 0.1) is 0 Å². The van der Waals surface area contributed by atoms with Gasteiger partial charge in [-0.25, -0.2) is 13.1 Å². The van der Waals surface area contributed by atoms with Crippen LogP contribution in [0.3, 0.4) is 0 Å². The second kappa shape index (κ2) is 6.53. The molecule has 7 heteroatoms. The van der Waals surface area contributed by atoms with E-state index >= 15 is 0 Å². The molecule has 1 aliphatic rings. The third-order valence-corrected chi connectivity index (χ3v) is 4.64. The molecule has 1 aliphatic carbocycles. The first kappa shape index (κ1) is 15.2. The molecule has 0 unspecified atom stereocenters. The van der Waals surface area contributed by atoms with E-state index in [9.17, 15) is 8.42 Å². The highest BCUT2D eigenvalue weighted by Gasteiger charge is 2.29.